The largest absolute Gasteiger partial charge is 0.351 e. The van der Waals surface area contributed by atoms with Crippen LogP contribution in [0.25, 0.3) is 0 Å². The van der Waals surface area contributed by atoms with Gasteiger partial charge >= 0.3 is 6.03 Å². The number of carbonyl (C=O) groups is 2. The van der Waals surface area contributed by atoms with Crippen LogP contribution in [-0.4, -0.2) is 19.0 Å². The van der Waals surface area contributed by atoms with Crippen molar-refractivity contribution in [2.24, 2.45) is 5.73 Å². The molecule has 0 aliphatic heterocycles. The molecule has 0 spiro atoms. The summed E-state index contributed by atoms with van der Waals surface area (Å²) in [6.07, 6.45) is 0. The maximum atomic E-state index is 12.3. The van der Waals surface area contributed by atoms with Crippen LogP contribution in [0.15, 0.2) is 47.8 Å². The topological polar surface area (TPSA) is 76.6 Å². The Balaban J connectivity index is 2.22. The van der Waals surface area contributed by atoms with Gasteiger partial charge in [0.05, 0.1) is 11.9 Å². The number of imide groups is 1. The van der Waals surface area contributed by atoms with E-state index in [-0.39, 0.29) is 5.91 Å². The Hall–Kier alpha value is -2.18. The first kappa shape index (κ1) is 15.2. The number of nitrogens with two attached hydrogens (primary N) is 1. The van der Waals surface area contributed by atoms with E-state index < -0.39 is 12.1 Å². The molecule has 5 nitrogen and oxygen atoms in total. The van der Waals surface area contributed by atoms with Crippen molar-refractivity contribution in [3.8, 4) is 0 Å². The van der Waals surface area contributed by atoms with E-state index in [1.54, 1.807) is 11.3 Å². The van der Waals surface area contributed by atoms with Crippen LogP contribution in [0.2, 0.25) is 0 Å². The number of carbonyl (C=O) groups excluding carboxylic acids is 2. The summed E-state index contributed by atoms with van der Waals surface area (Å²) < 4.78 is 0. The number of quaternary nitrogens is 1. The predicted molar refractivity (Wildman–Crippen MR) is 81.8 cm³/mol. The summed E-state index contributed by atoms with van der Waals surface area (Å²) in [7, 11) is 1.93. The fourth-order valence-corrected chi connectivity index (χ4v) is 3.09. The molecule has 2 atom stereocenters. The highest BCUT2D eigenvalue weighted by Crippen LogP contribution is 2.12. The summed E-state index contributed by atoms with van der Waals surface area (Å²) in [5.41, 5.74) is 5.92. The van der Waals surface area contributed by atoms with Gasteiger partial charge in [-0.15, -0.1) is 11.3 Å². The van der Waals surface area contributed by atoms with Crippen molar-refractivity contribution >= 4 is 23.3 Å². The van der Waals surface area contributed by atoms with Gasteiger partial charge in [0.25, 0.3) is 5.91 Å². The minimum Gasteiger partial charge on any atom is -0.351 e. The Morgan fingerprint density at radius 3 is 2.52 bits per heavy atom. The molecule has 110 valence electrons. The van der Waals surface area contributed by atoms with Crippen molar-refractivity contribution in [1.29, 1.82) is 0 Å². The van der Waals surface area contributed by atoms with Crippen molar-refractivity contribution in [3.05, 3.63) is 58.3 Å². The second-order valence-electron chi connectivity index (χ2n) is 4.80. The fraction of sp³-hybridized carbons (Fsp3) is 0.200. The van der Waals surface area contributed by atoms with Gasteiger partial charge in [-0.05, 0) is 11.4 Å². The molecule has 0 fully saturated rings. The number of likely N-dealkylation sites (N-methyl/N-ethyl adjacent to an activating group) is 1. The zero-order valence-corrected chi connectivity index (χ0v) is 12.5. The van der Waals surface area contributed by atoms with Crippen LogP contribution in [0, 0.1) is 0 Å². The van der Waals surface area contributed by atoms with E-state index in [9.17, 15) is 9.59 Å². The van der Waals surface area contributed by atoms with E-state index in [2.05, 4.69) is 5.32 Å². The third-order valence-electron chi connectivity index (χ3n) is 3.17. The summed E-state index contributed by atoms with van der Waals surface area (Å²) in [4.78, 5) is 25.4. The van der Waals surface area contributed by atoms with Crippen LogP contribution < -0.4 is 16.0 Å². The Bertz CT molecular complexity index is 599. The molecule has 2 aromatic rings. The third-order valence-corrected chi connectivity index (χ3v) is 4.04. The molecule has 1 unspecified atom stereocenters. The van der Waals surface area contributed by atoms with Gasteiger partial charge in [-0.25, -0.2) is 4.79 Å². The molecule has 0 saturated heterocycles. The van der Waals surface area contributed by atoms with Gasteiger partial charge in [0, 0.05) is 5.56 Å². The molecule has 1 heterocycles. The number of hydrogen-bond acceptors (Lipinski definition) is 3. The lowest BCUT2D eigenvalue weighted by atomic mass is 10.0. The van der Waals surface area contributed by atoms with Gasteiger partial charge in [-0.3, -0.25) is 10.1 Å². The average molecular weight is 304 g/mol. The Morgan fingerprint density at radius 1 is 1.24 bits per heavy atom. The molecule has 0 aliphatic rings. The Labute approximate surface area is 127 Å². The number of rotatable bonds is 5. The molecular formula is C15H18N3O2S+. The molecule has 2 rings (SSSR count). The van der Waals surface area contributed by atoms with Gasteiger partial charge in [0.1, 0.15) is 6.54 Å². The second kappa shape index (κ2) is 7.01. The molecule has 0 saturated carbocycles. The zero-order chi connectivity index (χ0) is 15.2. The number of thiophene rings is 1. The van der Waals surface area contributed by atoms with Crippen LogP contribution in [0.5, 0.6) is 0 Å². The van der Waals surface area contributed by atoms with Crippen molar-refractivity contribution in [2.75, 3.05) is 7.05 Å². The first-order chi connectivity index (χ1) is 10.1. The number of urea groups is 1. The van der Waals surface area contributed by atoms with E-state index in [0.717, 1.165) is 10.5 Å². The standard InChI is InChI=1S/C15H17N3O2S/c1-18(10-12-8-5-9-21-12)13(14(19)17-15(16)20)11-6-3-2-4-7-11/h2-9,13H,10H2,1H3,(H3,16,17,19,20)/p+1/t13-/m0/s1. The third kappa shape index (κ3) is 4.14. The molecule has 4 N–H and O–H groups in total. The van der Waals surface area contributed by atoms with Gasteiger partial charge in [-0.1, -0.05) is 36.4 Å². The lowest BCUT2D eigenvalue weighted by Crippen LogP contribution is -3.09. The van der Waals surface area contributed by atoms with Crippen molar-refractivity contribution in [1.82, 2.24) is 5.32 Å². The lowest BCUT2D eigenvalue weighted by molar-refractivity contribution is -0.915. The lowest BCUT2D eigenvalue weighted by Gasteiger charge is -2.23. The second-order valence-corrected chi connectivity index (χ2v) is 5.83. The molecule has 0 radical (unpaired) electrons. The van der Waals surface area contributed by atoms with Crippen molar-refractivity contribution < 1.29 is 14.5 Å². The van der Waals surface area contributed by atoms with Crippen LogP contribution in [0.4, 0.5) is 4.79 Å². The first-order valence-corrected chi connectivity index (χ1v) is 7.46. The SMILES string of the molecule is C[NH+](Cc1cccs1)[C@H](C(=O)NC(N)=O)c1ccccc1. The maximum absolute atomic E-state index is 12.3. The Kier molecular flexibility index (Phi) is 5.08. The normalized spacial score (nSPS) is 13.4. The molecule has 21 heavy (non-hydrogen) atoms. The first-order valence-electron chi connectivity index (χ1n) is 6.58. The molecule has 0 bridgehead atoms. The number of benzene rings is 1. The smallest absolute Gasteiger partial charge is 0.319 e. The molecule has 6 heteroatoms. The number of nitrogens with one attached hydrogen (secondary N) is 2. The number of hydrogen-bond donors (Lipinski definition) is 3. The van der Waals surface area contributed by atoms with Gasteiger partial charge in [-0.2, -0.15) is 0 Å². The van der Waals surface area contributed by atoms with Crippen molar-refractivity contribution in [2.45, 2.75) is 12.6 Å². The van der Waals surface area contributed by atoms with Gasteiger partial charge in [0.15, 0.2) is 6.04 Å². The minimum atomic E-state index is -0.829. The number of amides is 3. The molecular weight excluding hydrogens is 286 g/mol. The number of primary amides is 1. The molecule has 0 aliphatic carbocycles. The monoisotopic (exact) mass is 304 g/mol. The maximum Gasteiger partial charge on any atom is 0.319 e. The molecule has 1 aromatic carbocycles. The Morgan fingerprint density at radius 2 is 1.95 bits per heavy atom. The van der Waals surface area contributed by atoms with E-state index in [0.29, 0.717) is 6.54 Å². The summed E-state index contributed by atoms with van der Waals surface area (Å²) in [6, 6.07) is 12.1. The highest BCUT2D eigenvalue weighted by atomic mass is 32.1. The average Bonchev–Trinajstić information content (AvgIpc) is 2.92. The molecule has 3 amide bonds. The van der Waals surface area contributed by atoms with Gasteiger partial charge < -0.3 is 10.6 Å². The molecule has 1 aromatic heterocycles. The quantitative estimate of drug-likeness (QED) is 0.760. The fourth-order valence-electron chi connectivity index (χ4n) is 2.29. The highest BCUT2D eigenvalue weighted by Gasteiger charge is 2.30. The summed E-state index contributed by atoms with van der Waals surface area (Å²) in [5.74, 6) is -0.386. The van der Waals surface area contributed by atoms with Gasteiger partial charge in [0.2, 0.25) is 0 Å². The van der Waals surface area contributed by atoms with E-state index in [1.165, 1.54) is 4.88 Å². The summed E-state index contributed by atoms with van der Waals surface area (Å²) in [6.45, 7) is 0.698. The minimum absolute atomic E-state index is 0.386. The predicted octanol–water partition coefficient (Wildman–Crippen LogP) is 0.699. The zero-order valence-electron chi connectivity index (χ0n) is 11.7. The van der Waals surface area contributed by atoms with Crippen molar-refractivity contribution in [3.63, 3.8) is 0 Å². The van der Waals surface area contributed by atoms with Crippen LogP contribution in [0.1, 0.15) is 16.5 Å². The van der Waals surface area contributed by atoms with E-state index in [1.807, 2.05) is 54.9 Å². The van der Waals surface area contributed by atoms with Crippen LogP contribution >= 0.6 is 11.3 Å². The highest BCUT2D eigenvalue weighted by molar-refractivity contribution is 7.09. The van der Waals surface area contributed by atoms with E-state index in [4.69, 9.17) is 5.73 Å². The van der Waals surface area contributed by atoms with Crippen LogP contribution in [0.3, 0.4) is 0 Å². The van der Waals surface area contributed by atoms with E-state index >= 15 is 0 Å². The summed E-state index contributed by atoms with van der Waals surface area (Å²) in [5, 5.41) is 4.19. The summed E-state index contributed by atoms with van der Waals surface area (Å²) >= 11 is 1.65. The van der Waals surface area contributed by atoms with Crippen LogP contribution in [-0.2, 0) is 11.3 Å².